The van der Waals surface area contributed by atoms with Crippen molar-refractivity contribution in [2.45, 2.75) is 19.8 Å². The standard InChI is InChI=1S/C10H12N2O3/c1-7-6-11-9(15-7)10(14)12-4-2-8(13)3-5-12/h6H,2-5H2,1H3. The lowest BCUT2D eigenvalue weighted by atomic mass is 10.1. The maximum Gasteiger partial charge on any atom is 0.309 e. The van der Waals surface area contributed by atoms with Gasteiger partial charge in [-0.05, 0) is 6.92 Å². The van der Waals surface area contributed by atoms with Crippen LogP contribution in [0, 0.1) is 6.92 Å². The zero-order chi connectivity index (χ0) is 10.8. The monoisotopic (exact) mass is 208 g/mol. The van der Waals surface area contributed by atoms with Crippen molar-refractivity contribution >= 4 is 11.7 Å². The molecule has 5 heteroatoms. The van der Waals surface area contributed by atoms with Gasteiger partial charge in [0, 0.05) is 25.9 Å². The third-order valence-electron chi connectivity index (χ3n) is 2.41. The first-order valence-electron chi connectivity index (χ1n) is 4.90. The number of carbonyl (C=O) groups is 2. The predicted molar refractivity (Wildman–Crippen MR) is 51.4 cm³/mol. The number of oxazole rings is 1. The molecule has 1 aliphatic rings. The van der Waals surface area contributed by atoms with Gasteiger partial charge in [0.2, 0.25) is 0 Å². The first-order chi connectivity index (χ1) is 7.16. The van der Waals surface area contributed by atoms with Crippen molar-refractivity contribution < 1.29 is 14.0 Å². The summed E-state index contributed by atoms with van der Waals surface area (Å²) in [5.41, 5.74) is 0. The Morgan fingerprint density at radius 3 is 2.67 bits per heavy atom. The smallest absolute Gasteiger partial charge is 0.309 e. The number of rotatable bonds is 1. The van der Waals surface area contributed by atoms with Gasteiger partial charge in [-0.25, -0.2) is 4.98 Å². The Kier molecular flexibility index (Phi) is 2.53. The molecule has 15 heavy (non-hydrogen) atoms. The second-order valence-corrected chi connectivity index (χ2v) is 3.61. The summed E-state index contributed by atoms with van der Waals surface area (Å²) in [5, 5.41) is 0. The average molecular weight is 208 g/mol. The van der Waals surface area contributed by atoms with E-state index in [0.29, 0.717) is 31.7 Å². The lowest BCUT2D eigenvalue weighted by Gasteiger charge is -2.24. The van der Waals surface area contributed by atoms with E-state index in [1.807, 2.05) is 0 Å². The zero-order valence-corrected chi connectivity index (χ0v) is 8.52. The van der Waals surface area contributed by atoms with Crippen LogP contribution in [-0.4, -0.2) is 34.7 Å². The van der Waals surface area contributed by atoms with Crippen molar-refractivity contribution in [1.82, 2.24) is 9.88 Å². The van der Waals surface area contributed by atoms with E-state index < -0.39 is 0 Å². The molecule has 80 valence electrons. The molecule has 1 aliphatic heterocycles. The second kappa shape index (κ2) is 3.84. The van der Waals surface area contributed by atoms with E-state index in [2.05, 4.69) is 4.98 Å². The van der Waals surface area contributed by atoms with Gasteiger partial charge < -0.3 is 9.32 Å². The van der Waals surface area contributed by atoms with Gasteiger partial charge in [0.1, 0.15) is 11.5 Å². The highest BCUT2D eigenvalue weighted by molar-refractivity contribution is 5.91. The fourth-order valence-electron chi connectivity index (χ4n) is 1.55. The van der Waals surface area contributed by atoms with E-state index in [0.717, 1.165) is 0 Å². The van der Waals surface area contributed by atoms with Crippen molar-refractivity contribution in [3.8, 4) is 0 Å². The van der Waals surface area contributed by atoms with Crippen LogP contribution in [0.1, 0.15) is 29.3 Å². The zero-order valence-electron chi connectivity index (χ0n) is 8.52. The number of likely N-dealkylation sites (tertiary alicyclic amines) is 1. The van der Waals surface area contributed by atoms with Crippen LogP contribution in [0.5, 0.6) is 0 Å². The topological polar surface area (TPSA) is 63.4 Å². The molecule has 0 spiro atoms. The minimum atomic E-state index is -0.226. The van der Waals surface area contributed by atoms with Crippen molar-refractivity contribution in [3.05, 3.63) is 17.8 Å². The summed E-state index contributed by atoms with van der Waals surface area (Å²) in [4.78, 5) is 28.2. The van der Waals surface area contributed by atoms with Crippen LogP contribution in [0.25, 0.3) is 0 Å². The Balaban J connectivity index is 2.05. The highest BCUT2D eigenvalue weighted by atomic mass is 16.4. The highest BCUT2D eigenvalue weighted by Crippen LogP contribution is 2.11. The molecular weight excluding hydrogens is 196 g/mol. The maximum atomic E-state index is 11.8. The third kappa shape index (κ3) is 2.06. The fraction of sp³-hybridized carbons (Fsp3) is 0.500. The number of ketones is 1. The number of nitrogens with zero attached hydrogens (tertiary/aromatic N) is 2. The molecule has 1 saturated heterocycles. The van der Waals surface area contributed by atoms with Crippen LogP contribution in [0.15, 0.2) is 10.6 Å². The normalized spacial score (nSPS) is 16.9. The molecule has 1 aromatic rings. The van der Waals surface area contributed by atoms with Crippen LogP contribution < -0.4 is 0 Å². The number of Topliss-reactive ketones (excluding diaryl/α,β-unsaturated/α-hetero) is 1. The number of hydrogen-bond acceptors (Lipinski definition) is 4. The highest BCUT2D eigenvalue weighted by Gasteiger charge is 2.24. The van der Waals surface area contributed by atoms with Crippen molar-refractivity contribution in [2.75, 3.05) is 13.1 Å². The molecule has 0 N–H and O–H groups in total. The van der Waals surface area contributed by atoms with E-state index in [4.69, 9.17) is 4.42 Å². The van der Waals surface area contributed by atoms with Gasteiger partial charge in [-0.1, -0.05) is 0 Å². The lowest BCUT2D eigenvalue weighted by molar-refractivity contribution is -0.120. The minimum Gasteiger partial charge on any atom is -0.438 e. The molecule has 0 unspecified atom stereocenters. The summed E-state index contributed by atoms with van der Waals surface area (Å²) in [6.07, 6.45) is 2.39. The molecule has 0 aliphatic carbocycles. The van der Waals surface area contributed by atoms with Gasteiger partial charge in [0.05, 0.1) is 6.20 Å². The summed E-state index contributed by atoms with van der Waals surface area (Å²) in [7, 11) is 0. The third-order valence-corrected chi connectivity index (χ3v) is 2.41. The number of hydrogen-bond donors (Lipinski definition) is 0. The summed E-state index contributed by atoms with van der Waals surface area (Å²) in [6, 6.07) is 0. The van der Waals surface area contributed by atoms with Gasteiger partial charge >= 0.3 is 5.91 Å². The second-order valence-electron chi connectivity index (χ2n) is 3.61. The molecule has 1 aromatic heterocycles. The van der Waals surface area contributed by atoms with Gasteiger partial charge in [-0.15, -0.1) is 0 Å². The quantitative estimate of drug-likeness (QED) is 0.684. The van der Waals surface area contributed by atoms with E-state index in [1.54, 1.807) is 11.8 Å². The Labute approximate surface area is 87.1 Å². The SMILES string of the molecule is Cc1cnc(C(=O)N2CCC(=O)CC2)o1. The number of piperidine rings is 1. The maximum absolute atomic E-state index is 11.8. The number of carbonyl (C=O) groups excluding carboxylic acids is 2. The average Bonchev–Trinajstić information content (AvgIpc) is 2.65. The first-order valence-corrected chi connectivity index (χ1v) is 4.90. The largest absolute Gasteiger partial charge is 0.438 e. The van der Waals surface area contributed by atoms with E-state index >= 15 is 0 Å². The summed E-state index contributed by atoms with van der Waals surface area (Å²) in [5.74, 6) is 0.714. The Hall–Kier alpha value is -1.65. The summed E-state index contributed by atoms with van der Waals surface area (Å²) in [6.45, 7) is 2.68. The van der Waals surface area contributed by atoms with Gasteiger partial charge in [-0.2, -0.15) is 0 Å². The van der Waals surface area contributed by atoms with Gasteiger partial charge in [0.15, 0.2) is 0 Å². The summed E-state index contributed by atoms with van der Waals surface area (Å²) < 4.78 is 5.14. The van der Waals surface area contributed by atoms with Crippen LogP contribution in [-0.2, 0) is 4.79 Å². The van der Waals surface area contributed by atoms with Crippen molar-refractivity contribution in [1.29, 1.82) is 0 Å². The molecule has 0 saturated carbocycles. The number of amides is 1. The van der Waals surface area contributed by atoms with E-state index in [1.165, 1.54) is 6.20 Å². The van der Waals surface area contributed by atoms with Crippen LogP contribution >= 0.6 is 0 Å². The first kappa shape index (κ1) is 9.89. The molecule has 2 heterocycles. The number of aryl methyl sites for hydroxylation is 1. The molecule has 5 nitrogen and oxygen atoms in total. The van der Waals surface area contributed by atoms with E-state index in [-0.39, 0.29) is 17.6 Å². The van der Waals surface area contributed by atoms with Crippen LogP contribution in [0.3, 0.4) is 0 Å². The molecule has 0 radical (unpaired) electrons. The van der Waals surface area contributed by atoms with Crippen molar-refractivity contribution in [2.24, 2.45) is 0 Å². The van der Waals surface area contributed by atoms with Gasteiger partial charge in [-0.3, -0.25) is 9.59 Å². The van der Waals surface area contributed by atoms with Crippen molar-refractivity contribution in [3.63, 3.8) is 0 Å². The number of aromatic nitrogens is 1. The molecule has 0 aromatic carbocycles. The Morgan fingerprint density at radius 1 is 1.47 bits per heavy atom. The molecule has 0 bridgehead atoms. The minimum absolute atomic E-state index is 0.113. The van der Waals surface area contributed by atoms with Crippen LogP contribution in [0.4, 0.5) is 0 Å². The molecule has 2 rings (SSSR count). The fourth-order valence-corrected chi connectivity index (χ4v) is 1.55. The Bertz CT molecular complexity index is 387. The summed E-state index contributed by atoms with van der Waals surface area (Å²) >= 11 is 0. The van der Waals surface area contributed by atoms with E-state index in [9.17, 15) is 9.59 Å². The molecule has 0 atom stereocenters. The van der Waals surface area contributed by atoms with Crippen LogP contribution in [0.2, 0.25) is 0 Å². The lowest BCUT2D eigenvalue weighted by Crippen LogP contribution is -2.38. The molecular formula is C10H12N2O3. The Morgan fingerprint density at radius 2 is 2.13 bits per heavy atom. The molecule has 1 amide bonds. The van der Waals surface area contributed by atoms with Gasteiger partial charge in [0.25, 0.3) is 5.89 Å². The predicted octanol–water partition coefficient (Wildman–Crippen LogP) is 0.788. The molecule has 1 fully saturated rings.